The molecule has 2 unspecified atom stereocenters. The van der Waals surface area contributed by atoms with E-state index in [1.165, 1.54) is 12.1 Å². The number of hydrogen-bond acceptors (Lipinski definition) is 3. The lowest BCUT2D eigenvalue weighted by Gasteiger charge is -2.33. The van der Waals surface area contributed by atoms with Crippen LogP contribution >= 0.6 is 11.6 Å². The van der Waals surface area contributed by atoms with E-state index >= 15 is 0 Å². The third kappa shape index (κ3) is 3.92. The number of ether oxygens (including phenoxy) is 1. The maximum atomic E-state index is 13.1. The Bertz CT molecular complexity index is 1090. The quantitative estimate of drug-likeness (QED) is 0.655. The van der Waals surface area contributed by atoms with Crippen molar-refractivity contribution in [1.29, 1.82) is 0 Å². The molecule has 2 aromatic carbocycles. The van der Waals surface area contributed by atoms with Crippen molar-refractivity contribution in [3.63, 3.8) is 0 Å². The van der Waals surface area contributed by atoms with Crippen LogP contribution in [-0.4, -0.2) is 40.2 Å². The zero-order valence-electron chi connectivity index (χ0n) is 16.7. The van der Waals surface area contributed by atoms with Crippen LogP contribution in [0.2, 0.25) is 5.02 Å². The zero-order valence-corrected chi connectivity index (χ0v) is 17.4. The first-order valence-electron chi connectivity index (χ1n) is 10.6. The van der Waals surface area contributed by atoms with Gasteiger partial charge in [-0.3, -0.25) is 4.57 Å². The Morgan fingerprint density at radius 1 is 1.07 bits per heavy atom. The SMILES string of the molecule is O=c1[nH]c2cc(Cl)ccc2n1C1CCN(CC2CCC(c3ccc(F)cc3)O2)CC1. The summed E-state index contributed by atoms with van der Waals surface area (Å²) < 4.78 is 21.3. The third-order valence-electron chi connectivity index (χ3n) is 6.41. The van der Waals surface area contributed by atoms with Crippen LogP contribution in [0.4, 0.5) is 4.39 Å². The number of imidazole rings is 1. The number of halogens is 2. The number of nitrogens with zero attached hydrogens (tertiary/aromatic N) is 2. The largest absolute Gasteiger partial charge is 0.369 e. The Hall–Kier alpha value is -2.15. The van der Waals surface area contributed by atoms with Gasteiger partial charge < -0.3 is 14.6 Å². The van der Waals surface area contributed by atoms with E-state index in [0.29, 0.717) is 5.02 Å². The van der Waals surface area contributed by atoms with Crippen LogP contribution < -0.4 is 5.69 Å². The highest BCUT2D eigenvalue weighted by Crippen LogP contribution is 2.34. The van der Waals surface area contributed by atoms with Gasteiger partial charge in [0.05, 0.1) is 23.2 Å². The van der Waals surface area contributed by atoms with Crippen molar-refractivity contribution >= 4 is 22.6 Å². The highest BCUT2D eigenvalue weighted by molar-refractivity contribution is 6.31. The topological polar surface area (TPSA) is 50.3 Å². The number of H-pyrrole nitrogens is 1. The Morgan fingerprint density at radius 2 is 1.83 bits per heavy atom. The second kappa shape index (κ2) is 8.17. The molecular weight excluding hydrogens is 405 g/mol. The van der Waals surface area contributed by atoms with Crippen LogP contribution in [-0.2, 0) is 4.74 Å². The minimum Gasteiger partial charge on any atom is -0.369 e. The number of aromatic nitrogens is 2. The summed E-state index contributed by atoms with van der Waals surface area (Å²) in [5, 5.41) is 0.626. The number of benzene rings is 2. The molecule has 1 aromatic heterocycles. The van der Waals surface area contributed by atoms with E-state index in [9.17, 15) is 9.18 Å². The molecule has 0 amide bonds. The Kier molecular flexibility index (Phi) is 5.39. The molecule has 0 aliphatic carbocycles. The molecule has 2 fully saturated rings. The molecule has 2 saturated heterocycles. The number of aromatic amines is 1. The molecule has 1 N–H and O–H groups in total. The van der Waals surface area contributed by atoms with Gasteiger partial charge in [-0.1, -0.05) is 23.7 Å². The lowest BCUT2D eigenvalue weighted by atomic mass is 10.0. The van der Waals surface area contributed by atoms with Gasteiger partial charge >= 0.3 is 5.69 Å². The van der Waals surface area contributed by atoms with Crippen molar-refractivity contribution in [2.75, 3.05) is 19.6 Å². The van der Waals surface area contributed by atoms with Gasteiger partial charge in [0.25, 0.3) is 0 Å². The van der Waals surface area contributed by atoms with Gasteiger partial charge in [-0.05, 0) is 61.6 Å². The van der Waals surface area contributed by atoms with Gasteiger partial charge in [-0.15, -0.1) is 0 Å². The summed E-state index contributed by atoms with van der Waals surface area (Å²) in [6.45, 7) is 2.79. The van der Waals surface area contributed by atoms with Crippen LogP contribution in [0.25, 0.3) is 11.0 Å². The number of nitrogens with one attached hydrogen (secondary N) is 1. The first-order chi connectivity index (χ1) is 14.6. The maximum absolute atomic E-state index is 13.1. The molecule has 0 saturated carbocycles. The van der Waals surface area contributed by atoms with Gasteiger partial charge in [0, 0.05) is 30.7 Å². The number of rotatable bonds is 4. The molecule has 2 atom stereocenters. The highest BCUT2D eigenvalue weighted by atomic mass is 35.5. The number of piperidine rings is 1. The fourth-order valence-electron chi connectivity index (χ4n) is 4.88. The summed E-state index contributed by atoms with van der Waals surface area (Å²) in [5.74, 6) is -0.214. The fourth-order valence-corrected chi connectivity index (χ4v) is 5.05. The summed E-state index contributed by atoms with van der Waals surface area (Å²) >= 11 is 6.06. The predicted molar refractivity (Wildman–Crippen MR) is 116 cm³/mol. The third-order valence-corrected chi connectivity index (χ3v) is 6.65. The molecule has 3 heterocycles. The average Bonchev–Trinajstić information content (AvgIpc) is 3.32. The summed E-state index contributed by atoms with van der Waals surface area (Å²) in [6, 6.07) is 12.4. The minimum absolute atomic E-state index is 0.0600. The van der Waals surface area contributed by atoms with Crippen LogP contribution in [0.1, 0.15) is 43.4 Å². The van der Waals surface area contributed by atoms with E-state index in [0.717, 1.165) is 61.9 Å². The van der Waals surface area contributed by atoms with E-state index in [1.807, 2.05) is 28.8 Å². The lowest BCUT2D eigenvalue weighted by molar-refractivity contribution is 0.0158. The van der Waals surface area contributed by atoms with Crippen LogP contribution in [0.5, 0.6) is 0 Å². The zero-order chi connectivity index (χ0) is 20.7. The average molecular weight is 430 g/mol. The Labute approximate surface area is 179 Å². The molecule has 3 aromatic rings. The summed E-state index contributed by atoms with van der Waals surface area (Å²) in [6.07, 6.45) is 4.12. The molecule has 158 valence electrons. The minimum atomic E-state index is -0.214. The first kappa shape index (κ1) is 19.8. The standard InChI is InChI=1S/C23H25ClFN3O2/c24-16-3-7-21-20(13-16)26-23(29)28(21)18-9-11-27(12-10-18)14-19-6-8-22(30-19)15-1-4-17(25)5-2-15/h1-5,7,13,18-19,22H,6,8-12,14H2,(H,26,29). The van der Waals surface area contributed by atoms with E-state index in [1.54, 1.807) is 6.07 Å². The number of likely N-dealkylation sites (tertiary alicyclic amines) is 1. The van der Waals surface area contributed by atoms with E-state index in [-0.39, 0.29) is 29.8 Å². The molecule has 2 aliphatic rings. The van der Waals surface area contributed by atoms with E-state index < -0.39 is 0 Å². The predicted octanol–water partition coefficient (Wildman–Crippen LogP) is 4.68. The molecule has 0 radical (unpaired) electrons. The molecule has 30 heavy (non-hydrogen) atoms. The van der Waals surface area contributed by atoms with Crippen LogP contribution in [0.15, 0.2) is 47.3 Å². The van der Waals surface area contributed by atoms with Crippen LogP contribution in [0.3, 0.4) is 0 Å². The second-order valence-electron chi connectivity index (χ2n) is 8.37. The van der Waals surface area contributed by atoms with Crippen molar-refractivity contribution in [2.45, 2.75) is 43.9 Å². The molecule has 2 aliphatic heterocycles. The van der Waals surface area contributed by atoms with Crippen molar-refractivity contribution < 1.29 is 9.13 Å². The van der Waals surface area contributed by atoms with Crippen molar-refractivity contribution in [1.82, 2.24) is 14.5 Å². The van der Waals surface area contributed by atoms with Crippen molar-refractivity contribution in [2.24, 2.45) is 0 Å². The molecule has 5 nitrogen and oxygen atoms in total. The van der Waals surface area contributed by atoms with Crippen molar-refractivity contribution in [3.8, 4) is 0 Å². The van der Waals surface area contributed by atoms with Gasteiger partial charge in [0.2, 0.25) is 0 Å². The lowest BCUT2D eigenvalue weighted by Crippen LogP contribution is -2.40. The molecule has 7 heteroatoms. The molecule has 0 spiro atoms. The van der Waals surface area contributed by atoms with E-state index in [2.05, 4.69) is 9.88 Å². The smallest absolute Gasteiger partial charge is 0.326 e. The van der Waals surface area contributed by atoms with Gasteiger partial charge in [-0.2, -0.15) is 0 Å². The fraction of sp³-hybridized carbons (Fsp3) is 0.435. The van der Waals surface area contributed by atoms with E-state index in [4.69, 9.17) is 16.3 Å². The Morgan fingerprint density at radius 3 is 2.60 bits per heavy atom. The molecule has 5 rings (SSSR count). The van der Waals surface area contributed by atoms with Crippen molar-refractivity contribution in [3.05, 3.63) is 69.4 Å². The summed E-state index contributed by atoms with van der Waals surface area (Å²) in [7, 11) is 0. The van der Waals surface area contributed by atoms with Gasteiger partial charge in [-0.25, -0.2) is 9.18 Å². The number of hydrogen-bond donors (Lipinski definition) is 1. The first-order valence-corrected chi connectivity index (χ1v) is 11.0. The van der Waals surface area contributed by atoms with Gasteiger partial charge in [0.15, 0.2) is 0 Å². The maximum Gasteiger partial charge on any atom is 0.326 e. The number of fused-ring (bicyclic) bond motifs is 1. The highest BCUT2D eigenvalue weighted by Gasteiger charge is 2.30. The van der Waals surface area contributed by atoms with Gasteiger partial charge in [0.1, 0.15) is 5.82 Å². The normalized spacial score (nSPS) is 23.4. The summed E-state index contributed by atoms with van der Waals surface area (Å²) in [5.41, 5.74) is 2.70. The second-order valence-corrected chi connectivity index (χ2v) is 8.81. The summed E-state index contributed by atoms with van der Waals surface area (Å²) in [4.78, 5) is 17.9. The Balaban J connectivity index is 1.19. The molecule has 0 bridgehead atoms. The van der Waals surface area contributed by atoms with Crippen LogP contribution in [0, 0.1) is 5.82 Å². The monoisotopic (exact) mass is 429 g/mol. The molecular formula is C23H25ClFN3O2.